The first-order chi connectivity index (χ1) is 12.8. The molecule has 0 spiro atoms. The lowest BCUT2D eigenvalue weighted by atomic mass is 9.86. The average molecular weight is 371 g/mol. The molecule has 6 heteroatoms. The van der Waals surface area contributed by atoms with Crippen LogP contribution in [0.5, 0.6) is 6.01 Å². The minimum atomic E-state index is -0.482. The predicted molar refractivity (Wildman–Crippen MR) is 101 cm³/mol. The molecule has 27 heavy (non-hydrogen) atoms. The Bertz CT molecular complexity index is 762. The summed E-state index contributed by atoms with van der Waals surface area (Å²) in [4.78, 5) is 20.1. The van der Waals surface area contributed by atoms with Crippen LogP contribution in [0.2, 0.25) is 0 Å². The minimum absolute atomic E-state index is 0.00492. The zero-order valence-electron chi connectivity index (χ0n) is 16.0. The highest BCUT2D eigenvalue weighted by atomic mass is 19.1. The zero-order chi connectivity index (χ0) is 19.4. The van der Waals surface area contributed by atoms with Gasteiger partial charge < -0.3 is 10.1 Å². The molecule has 1 heterocycles. The van der Waals surface area contributed by atoms with Gasteiger partial charge in [-0.05, 0) is 48.8 Å². The molecule has 1 aromatic carbocycles. The molecule has 144 valence electrons. The fourth-order valence-corrected chi connectivity index (χ4v) is 3.23. The van der Waals surface area contributed by atoms with Crippen molar-refractivity contribution in [2.75, 3.05) is 0 Å². The van der Waals surface area contributed by atoms with Crippen molar-refractivity contribution in [3.8, 4) is 6.01 Å². The molecule has 0 aliphatic heterocycles. The summed E-state index contributed by atoms with van der Waals surface area (Å²) < 4.78 is 18.5. The maximum Gasteiger partial charge on any atom is 0.316 e. The Morgan fingerprint density at radius 2 is 1.67 bits per heavy atom. The summed E-state index contributed by atoms with van der Waals surface area (Å²) in [7, 11) is 0. The second-order valence-corrected chi connectivity index (χ2v) is 8.08. The number of hydrogen-bond donors (Lipinski definition) is 1. The summed E-state index contributed by atoms with van der Waals surface area (Å²) in [5.41, 5.74) is 1.96. The fourth-order valence-electron chi connectivity index (χ4n) is 3.23. The number of rotatable bonds is 4. The molecule has 2 aromatic rings. The summed E-state index contributed by atoms with van der Waals surface area (Å²) in [6, 6.07) is 8.13. The molecule has 1 aliphatic rings. The molecular formula is C21H26FN3O2. The number of amides is 1. The van der Waals surface area contributed by atoms with Crippen LogP contribution in [0.15, 0.2) is 36.7 Å². The van der Waals surface area contributed by atoms with E-state index in [2.05, 4.69) is 36.1 Å². The van der Waals surface area contributed by atoms with Crippen molar-refractivity contribution >= 4 is 5.91 Å². The number of carbonyl (C=O) groups excluding carboxylic acids is 1. The van der Waals surface area contributed by atoms with E-state index < -0.39 is 5.82 Å². The number of aromatic nitrogens is 2. The van der Waals surface area contributed by atoms with Crippen molar-refractivity contribution in [2.24, 2.45) is 0 Å². The second-order valence-electron chi connectivity index (χ2n) is 8.08. The van der Waals surface area contributed by atoms with Crippen molar-refractivity contribution in [3.05, 3.63) is 53.6 Å². The zero-order valence-corrected chi connectivity index (χ0v) is 16.0. The van der Waals surface area contributed by atoms with Crippen LogP contribution in [-0.4, -0.2) is 28.0 Å². The van der Waals surface area contributed by atoms with E-state index in [9.17, 15) is 9.18 Å². The second kappa shape index (κ2) is 8.03. The third kappa shape index (κ3) is 5.25. The van der Waals surface area contributed by atoms with Crippen molar-refractivity contribution < 1.29 is 13.9 Å². The average Bonchev–Trinajstić information content (AvgIpc) is 2.64. The molecule has 3 rings (SSSR count). The predicted octanol–water partition coefficient (Wildman–Crippen LogP) is 4.03. The van der Waals surface area contributed by atoms with Gasteiger partial charge in [-0.25, -0.2) is 14.4 Å². The lowest BCUT2D eigenvalue weighted by molar-refractivity contribution is 0.0885. The van der Waals surface area contributed by atoms with Crippen molar-refractivity contribution in [2.45, 2.75) is 64.0 Å². The van der Waals surface area contributed by atoms with E-state index in [0.717, 1.165) is 38.1 Å². The molecule has 0 atom stereocenters. The molecule has 1 N–H and O–H groups in total. The standard InChI is InChI=1S/C21H26FN3O2/c1-21(2,3)15-6-4-14(5-7-15)19(26)25-17-8-10-18(11-9-17)27-20-23-12-16(22)13-24-20/h4-7,12-13,17-18H,8-11H2,1-3H3,(H,25,26). The molecule has 0 radical (unpaired) electrons. The Morgan fingerprint density at radius 3 is 2.22 bits per heavy atom. The van der Waals surface area contributed by atoms with Crippen LogP contribution < -0.4 is 10.1 Å². The molecule has 5 nitrogen and oxygen atoms in total. The van der Waals surface area contributed by atoms with Crippen LogP contribution in [0.3, 0.4) is 0 Å². The van der Waals surface area contributed by atoms with Gasteiger partial charge in [-0.1, -0.05) is 32.9 Å². The maximum absolute atomic E-state index is 12.8. The van der Waals surface area contributed by atoms with Crippen LogP contribution in [0, 0.1) is 5.82 Å². The Labute approximate surface area is 159 Å². The van der Waals surface area contributed by atoms with E-state index in [4.69, 9.17) is 4.74 Å². The number of nitrogens with one attached hydrogen (secondary N) is 1. The van der Waals surface area contributed by atoms with Crippen molar-refractivity contribution in [1.29, 1.82) is 0 Å². The molecule has 1 aliphatic carbocycles. The quantitative estimate of drug-likeness (QED) is 0.881. The van der Waals surface area contributed by atoms with Crippen LogP contribution in [0.4, 0.5) is 4.39 Å². The summed E-state index contributed by atoms with van der Waals surface area (Å²) in [6.45, 7) is 6.46. The van der Waals surface area contributed by atoms with E-state index in [1.54, 1.807) is 0 Å². The van der Waals surface area contributed by atoms with Gasteiger partial charge in [0.05, 0.1) is 12.4 Å². The normalized spacial score (nSPS) is 20.1. The number of ether oxygens (including phenoxy) is 1. The SMILES string of the molecule is CC(C)(C)c1ccc(C(=O)NC2CCC(Oc3ncc(F)cn3)CC2)cc1. The van der Waals surface area contributed by atoms with E-state index in [1.807, 2.05) is 24.3 Å². The highest BCUT2D eigenvalue weighted by molar-refractivity contribution is 5.94. The number of nitrogens with zero attached hydrogens (tertiary/aromatic N) is 2. The monoisotopic (exact) mass is 371 g/mol. The lowest BCUT2D eigenvalue weighted by Gasteiger charge is -2.29. The van der Waals surface area contributed by atoms with Gasteiger partial charge in [0.25, 0.3) is 5.91 Å². The van der Waals surface area contributed by atoms with E-state index in [1.165, 1.54) is 5.56 Å². The third-order valence-electron chi connectivity index (χ3n) is 4.89. The van der Waals surface area contributed by atoms with Gasteiger partial charge in [-0.15, -0.1) is 0 Å². The Morgan fingerprint density at radius 1 is 1.07 bits per heavy atom. The molecule has 0 saturated heterocycles. The highest BCUT2D eigenvalue weighted by Crippen LogP contribution is 2.24. The summed E-state index contributed by atoms with van der Waals surface area (Å²) in [5.74, 6) is -0.522. The van der Waals surface area contributed by atoms with Gasteiger partial charge in [-0.3, -0.25) is 4.79 Å². The summed E-state index contributed by atoms with van der Waals surface area (Å²) in [5, 5.41) is 3.11. The van der Waals surface area contributed by atoms with Gasteiger partial charge in [0.1, 0.15) is 6.10 Å². The summed E-state index contributed by atoms with van der Waals surface area (Å²) >= 11 is 0. The maximum atomic E-state index is 12.8. The lowest BCUT2D eigenvalue weighted by Crippen LogP contribution is -2.39. The molecule has 1 amide bonds. The van der Waals surface area contributed by atoms with E-state index in [0.29, 0.717) is 5.56 Å². The van der Waals surface area contributed by atoms with Crippen molar-refractivity contribution in [1.82, 2.24) is 15.3 Å². The van der Waals surface area contributed by atoms with Crippen LogP contribution in [0.25, 0.3) is 0 Å². The van der Waals surface area contributed by atoms with Crippen LogP contribution >= 0.6 is 0 Å². The van der Waals surface area contributed by atoms with Gasteiger partial charge >= 0.3 is 6.01 Å². The Balaban J connectivity index is 1.48. The van der Waals surface area contributed by atoms with Gasteiger partial charge in [0.2, 0.25) is 0 Å². The topological polar surface area (TPSA) is 64.1 Å². The van der Waals surface area contributed by atoms with E-state index >= 15 is 0 Å². The highest BCUT2D eigenvalue weighted by Gasteiger charge is 2.24. The number of carbonyl (C=O) groups is 1. The first kappa shape index (κ1) is 19.3. The Kier molecular flexibility index (Phi) is 5.73. The molecular weight excluding hydrogens is 345 g/mol. The summed E-state index contributed by atoms with van der Waals surface area (Å²) in [6.07, 6.45) is 5.45. The van der Waals surface area contributed by atoms with Crippen LogP contribution in [-0.2, 0) is 5.41 Å². The molecule has 1 aromatic heterocycles. The van der Waals surface area contributed by atoms with Gasteiger partial charge in [0, 0.05) is 11.6 Å². The minimum Gasteiger partial charge on any atom is -0.460 e. The van der Waals surface area contributed by atoms with Gasteiger partial charge in [-0.2, -0.15) is 0 Å². The third-order valence-corrected chi connectivity index (χ3v) is 4.89. The number of hydrogen-bond acceptors (Lipinski definition) is 4. The van der Waals surface area contributed by atoms with Gasteiger partial charge in [0.15, 0.2) is 5.82 Å². The van der Waals surface area contributed by atoms with Crippen LogP contribution in [0.1, 0.15) is 62.4 Å². The fraction of sp³-hybridized carbons (Fsp3) is 0.476. The molecule has 0 unspecified atom stereocenters. The first-order valence-corrected chi connectivity index (χ1v) is 9.37. The number of benzene rings is 1. The van der Waals surface area contributed by atoms with Crippen molar-refractivity contribution in [3.63, 3.8) is 0 Å². The van der Waals surface area contributed by atoms with E-state index in [-0.39, 0.29) is 29.5 Å². The molecule has 1 saturated carbocycles. The largest absolute Gasteiger partial charge is 0.460 e. The molecule has 1 fully saturated rings. The smallest absolute Gasteiger partial charge is 0.316 e. The number of halogens is 1. The Hall–Kier alpha value is -2.50. The first-order valence-electron chi connectivity index (χ1n) is 9.37. The molecule has 0 bridgehead atoms.